The SMILES string of the molecule is OC(c1ccc(C2CCC2)cc1)c1c(F)cccc1F. The number of aliphatic hydroxyl groups is 1. The molecule has 3 heteroatoms. The molecular weight excluding hydrogens is 258 g/mol. The average Bonchev–Trinajstić information content (AvgIpc) is 2.37. The fourth-order valence-electron chi connectivity index (χ4n) is 2.63. The Kier molecular flexibility index (Phi) is 3.53. The Hall–Kier alpha value is -1.74. The zero-order valence-corrected chi connectivity index (χ0v) is 11.0. The van der Waals surface area contributed by atoms with Gasteiger partial charge in [0.15, 0.2) is 0 Å². The first kappa shape index (κ1) is 13.3. The van der Waals surface area contributed by atoms with Gasteiger partial charge in [0, 0.05) is 0 Å². The van der Waals surface area contributed by atoms with Crippen molar-refractivity contribution in [3.8, 4) is 0 Å². The second-order valence-electron chi connectivity index (χ2n) is 5.33. The molecule has 1 aliphatic carbocycles. The summed E-state index contributed by atoms with van der Waals surface area (Å²) < 4.78 is 27.3. The molecule has 0 aliphatic heterocycles. The minimum atomic E-state index is -1.27. The van der Waals surface area contributed by atoms with E-state index in [-0.39, 0.29) is 5.56 Å². The predicted octanol–water partition coefficient (Wildman–Crippen LogP) is 4.31. The number of hydrogen-bond acceptors (Lipinski definition) is 1. The summed E-state index contributed by atoms with van der Waals surface area (Å²) in [6, 6.07) is 11.0. The summed E-state index contributed by atoms with van der Waals surface area (Å²) in [4.78, 5) is 0. The van der Waals surface area contributed by atoms with Gasteiger partial charge < -0.3 is 5.11 Å². The van der Waals surface area contributed by atoms with Crippen LogP contribution >= 0.6 is 0 Å². The Morgan fingerprint density at radius 2 is 1.55 bits per heavy atom. The number of aliphatic hydroxyl groups excluding tert-OH is 1. The molecule has 0 spiro atoms. The molecule has 0 heterocycles. The highest BCUT2D eigenvalue weighted by Gasteiger charge is 2.22. The van der Waals surface area contributed by atoms with Crippen LogP contribution in [0.4, 0.5) is 8.78 Å². The van der Waals surface area contributed by atoms with E-state index in [1.54, 1.807) is 12.1 Å². The van der Waals surface area contributed by atoms with Crippen molar-refractivity contribution in [2.75, 3.05) is 0 Å². The van der Waals surface area contributed by atoms with E-state index in [1.807, 2.05) is 12.1 Å². The van der Waals surface area contributed by atoms with Crippen molar-refractivity contribution in [3.63, 3.8) is 0 Å². The zero-order valence-electron chi connectivity index (χ0n) is 11.0. The van der Waals surface area contributed by atoms with Gasteiger partial charge in [-0.15, -0.1) is 0 Å². The van der Waals surface area contributed by atoms with Crippen molar-refractivity contribution >= 4 is 0 Å². The highest BCUT2D eigenvalue weighted by atomic mass is 19.1. The van der Waals surface area contributed by atoms with Crippen LogP contribution < -0.4 is 0 Å². The molecule has 0 aromatic heterocycles. The molecule has 3 rings (SSSR count). The predicted molar refractivity (Wildman–Crippen MR) is 73.5 cm³/mol. The van der Waals surface area contributed by atoms with Crippen molar-refractivity contribution in [1.82, 2.24) is 0 Å². The summed E-state index contributed by atoms with van der Waals surface area (Å²) in [7, 11) is 0. The summed E-state index contributed by atoms with van der Waals surface area (Å²) in [5, 5.41) is 10.2. The molecule has 1 atom stereocenters. The van der Waals surface area contributed by atoms with Gasteiger partial charge in [-0.05, 0) is 42.0 Å². The van der Waals surface area contributed by atoms with Gasteiger partial charge in [-0.3, -0.25) is 0 Å². The molecule has 0 amide bonds. The second kappa shape index (κ2) is 5.33. The second-order valence-corrected chi connectivity index (χ2v) is 5.33. The Labute approximate surface area is 116 Å². The highest BCUT2D eigenvalue weighted by Crippen LogP contribution is 2.37. The third kappa shape index (κ3) is 2.34. The molecule has 2 aromatic rings. The van der Waals surface area contributed by atoms with Crippen LogP contribution in [-0.4, -0.2) is 5.11 Å². The molecule has 1 aliphatic rings. The van der Waals surface area contributed by atoms with Crippen LogP contribution in [0.1, 0.15) is 48.0 Å². The average molecular weight is 274 g/mol. The van der Waals surface area contributed by atoms with E-state index < -0.39 is 17.7 Å². The van der Waals surface area contributed by atoms with Crippen molar-refractivity contribution in [3.05, 3.63) is 70.8 Å². The van der Waals surface area contributed by atoms with E-state index in [9.17, 15) is 13.9 Å². The Balaban J connectivity index is 1.88. The summed E-state index contributed by atoms with van der Waals surface area (Å²) in [5.74, 6) is -0.840. The Morgan fingerprint density at radius 3 is 2.05 bits per heavy atom. The first-order valence-electron chi connectivity index (χ1n) is 6.88. The van der Waals surface area contributed by atoms with Gasteiger partial charge in [0.2, 0.25) is 0 Å². The Bertz CT molecular complexity index is 583. The normalized spacial score (nSPS) is 16.8. The van der Waals surface area contributed by atoms with Gasteiger partial charge in [0.1, 0.15) is 17.7 Å². The summed E-state index contributed by atoms with van der Waals surface area (Å²) in [6.07, 6.45) is 2.38. The molecule has 0 radical (unpaired) electrons. The van der Waals surface area contributed by atoms with Crippen LogP contribution in [0.3, 0.4) is 0 Å². The van der Waals surface area contributed by atoms with Crippen molar-refractivity contribution in [1.29, 1.82) is 0 Å². The van der Waals surface area contributed by atoms with Gasteiger partial charge in [0.05, 0.1) is 5.56 Å². The zero-order chi connectivity index (χ0) is 14.1. The largest absolute Gasteiger partial charge is 0.383 e. The lowest BCUT2D eigenvalue weighted by molar-refractivity contribution is 0.209. The molecule has 1 saturated carbocycles. The summed E-state index contributed by atoms with van der Waals surface area (Å²) >= 11 is 0. The van der Waals surface area contributed by atoms with Crippen LogP contribution in [0.5, 0.6) is 0 Å². The van der Waals surface area contributed by atoms with Crippen LogP contribution in [0.25, 0.3) is 0 Å². The van der Waals surface area contributed by atoms with E-state index in [2.05, 4.69) is 0 Å². The van der Waals surface area contributed by atoms with Crippen molar-refractivity contribution in [2.24, 2.45) is 0 Å². The minimum absolute atomic E-state index is 0.288. The van der Waals surface area contributed by atoms with E-state index in [0.29, 0.717) is 11.5 Å². The van der Waals surface area contributed by atoms with Crippen molar-refractivity contribution < 1.29 is 13.9 Å². The lowest BCUT2D eigenvalue weighted by Gasteiger charge is -2.26. The van der Waals surface area contributed by atoms with E-state index in [4.69, 9.17) is 0 Å². The lowest BCUT2D eigenvalue weighted by atomic mass is 9.80. The molecule has 20 heavy (non-hydrogen) atoms. The number of halogens is 2. The van der Waals surface area contributed by atoms with Gasteiger partial charge in [-0.1, -0.05) is 36.8 Å². The Morgan fingerprint density at radius 1 is 0.950 bits per heavy atom. The monoisotopic (exact) mass is 274 g/mol. The number of benzene rings is 2. The quantitative estimate of drug-likeness (QED) is 0.884. The fourth-order valence-corrected chi connectivity index (χ4v) is 2.63. The number of hydrogen-bond donors (Lipinski definition) is 1. The van der Waals surface area contributed by atoms with Gasteiger partial charge in [-0.2, -0.15) is 0 Å². The smallest absolute Gasteiger partial charge is 0.132 e. The van der Waals surface area contributed by atoms with Crippen LogP contribution in [0, 0.1) is 11.6 Å². The van der Waals surface area contributed by atoms with Gasteiger partial charge >= 0.3 is 0 Å². The third-order valence-electron chi connectivity index (χ3n) is 4.10. The maximum atomic E-state index is 13.7. The van der Waals surface area contributed by atoms with Gasteiger partial charge in [-0.25, -0.2) is 8.78 Å². The fraction of sp³-hybridized carbons (Fsp3) is 0.294. The standard InChI is InChI=1S/C17H16F2O/c18-14-5-2-6-15(19)16(14)17(20)13-9-7-12(8-10-13)11-3-1-4-11/h2,5-11,17,20H,1,3-4H2. The van der Waals surface area contributed by atoms with Crippen LogP contribution in [0.15, 0.2) is 42.5 Å². The molecule has 1 N–H and O–H groups in total. The maximum absolute atomic E-state index is 13.7. The van der Waals surface area contributed by atoms with Crippen LogP contribution in [0.2, 0.25) is 0 Å². The molecular formula is C17H16F2O. The van der Waals surface area contributed by atoms with Crippen LogP contribution in [-0.2, 0) is 0 Å². The topological polar surface area (TPSA) is 20.2 Å². The summed E-state index contributed by atoms with van der Waals surface area (Å²) in [6.45, 7) is 0. The molecule has 1 unspecified atom stereocenters. The molecule has 2 aromatic carbocycles. The van der Waals surface area contributed by atoms with E-state index >= 15 is 0 Å². The first-order valence-corrected chi connectivity index (χ1v) is 6.88. The third-order valence-corrected chi connectivity index (χ3v) is 4.10. The van der Waals surface area contributed by atoms with Crippen molar-refractivity contribution in [2.45, 2.75) is 31.3 Å². The molecule has 0 saturated heterocycles. The minimum Gasteiger partial charge on any atom is -0.383 e. The number of rotatable bonds is 3. The molecule has 0 bridgehead atoms. The molecule has 104 valence electrons. The highest BCUT2D eigenvalue weighted by molar-refractivity contribution is 5.34. The summed E-state index contributed by atoms with van der Waals surface area (Å²) in [5.41, 5.74) is 1.46. The molecule has 1 fully saturated rings. The maximum Gasteiger partial charge on any atom is 0.132 e. The first-order chi connectivity index (χ1) is 9.66. The molecule has 1 nitrogen and oxygen atoms in total. The lowest BCUT2D eigenvalue weighted by Crippen LogP contribution is -2.09. The van der Waals surface area contributed by atoms with E-state index in [1.165, 1.54) is 30.9 Å². The van der Waals surface area contributed by atoms with E-state index in [0.717, 1.165) is 12.1 Å². The van der Waals surface area contributed by atoms with Gasteiger partial charge in [0.25, 0.3) is 0 Å².